The third kappa shape index (κ3) is 10.7. The minimum atomic E-state index is -0.457. The molecule has 99 heavy (non-hydrogen) atoms. The van der Waals surface area contributed by atoms with Crippen LogP contribution in [0.25, 0.3) is 82.7 Å². The summed E-state index contributed by atoms with van der Waals surface area (Å²) in [5, 5.41) is 2.59. The Bertz CT molecular complexity index is 6030. The number of hydrogen-bond donors (Lipinski definition) is 0. The maximum Gasteiger partial charge on any atom is 0.252 e. The van der Waals surface area contributed by atoms with E-state index in [0.29, 0.717) is 13.0 Å². The van der Waals surface area contributed by atoms with Crippen molar-refractivity contribution >= 4 is 112 Å². The molecule has 0 unspecified atom stereocenters. The van der Waals surface area contributed by atoms with Gasteiger partial charge in [0, 0.05) is 96.9 Å². The second-order valence-corrected chi connectivity index (χ2v) is 27.3. The van der Waals surface area contributed by atoms with Gasteiger partial charge in [0.15, 0.2) is 0 Å². The number of para-hydroxylation sites is 5. The van der Waals surface area contributed by atoms with E-state index in [9.17, 15) is 5.48 Å². The van der Waals surface area contributed by atoms with E-state index in [-0.39, 0.29) is 64.6 Å². The number of benzene rings is 14. The summed E-state index contributed by atoms with van der Waals surface area (Å²) < 4.78 is 76.4. The summed E-state index contributed by atoms with van der Waals surface area (Å²) >= 11 is 0. The molecule has 4 heterocycles. The minimum Gasteiger partial charge on any atom is -0.342 e. The number of nitrogens with zero attached hydrogens (tertiary/aromatic N) is 5. The first-order chi connectivity index (χ1) is 52.1. The van der Waals surface area contributed by atoms with E-state index >= 15 is 0 Å². The second-order valence-electron chi connectivity index (χ2n) is 27.3. The van der Waals surface area contributed by atoms with Gasteiger partial charge < -0.3 is 23.8 Å². The maximum atomic E-state index is 9.35. The highest BCUT2D eigenvalue weighted by Crippen LogP contribution is 2.48. The Labute approximate surface area is 591 Å². The van der Waals surface area contributed by atoms with Gasteiger partial charge in [-0.1, -0.05) is 245 Å². The molecule has 2 aromatic heterocycles. The quantitative estimate of drug-likeness (QED) is 0.0954. The van der Waals surface area contributed by atoms with Crippen LogP contribution in [0, 0.1) is 0 Å². The average molecular weight is 1280 g/mol. The van der Waals surface area contributed by atoms with Crippen LogP contribution in [0.1, 0.15) is 54.8 Å². The molecule has 0 fully saturated rings. The number of rotatable bonds is 15. The number of aryl methyl sites for hydroxylation is 3. The predicted molar refractivity (Wildman–Crippen MR) is 421 cm³/mol. The summed E-state index contributed by atoms with van der Waals surface area (Å²) in [5.74, 6) is 0. The van der Waals surface area contributed by atoms with E-state index in [1.54, 1.807) is 4.57 Å². The Kier molecular flexibility index (Phi) is 12.8. The number of fused-ring (bicyclic) bond motifs is 10. The van der Waals surface area contributed by atoms with Crippen LogP contribution in [0.15, 0.2) is 333 Å². The van der Waals surface area contributed by atoms with Crippen LogP contribution in [-0.2, 0) is 24.8 Å². The van der Waals surface area contributed by atoms with Gasteiger partial charge in [-0.05, 0) is 200 Å². The molecule has 474 valence electrons. The molecular formula is C93H74BN5. The highest BCUT2D eigenvalue weighted by atomic mass is 15.2. The third-order valence-electron chi connectivity index (χ3n) is 20.3. The molecule has 0 bridgehead atoms. The number of aromatic nitrogens is 2. The van der Waals surface area contributed by atoms with Gasteiger partial charge in [-0.25, -0.2) is 0 Å². The Morgan fingerprint density at radius 1 is 0.364 bits per heavy atom. The van der Waals surface area contributed by atoms with Crippen LogP contribution in [0.4, 0.5) is 45.5 Å². The van der Waals surface area contributed by atoms with Crippen molar-refractivity contribution in [2.45, 2.75) is 52.0 Å². The Morgan fingerprint density at radius 3 is 1.54 bits per heavy atom. The maximum absolute atomic E-state index is 9.35. The Morgan fingerprint density at radius 2 is 0.899 bits per heavy atom. The van der Waals surface area contributed by atoms with Crippen molar-refractivity contribution in [3.8, 4) is 39.1 Å². The van der Waals surface area contributed by atoms with E-state index < -0.39 is 24.2 Å². The second kappa shape index (κ2) is 24.7. The van der Waals surface area contributed by atoms with Crippen molar-refractivity contribution in [1.82, 2.24) is 9.13 Å². The lowest BCUT2D eigenvalue weighted by molar-refractivity contribution is 0.590. The highest BCUT2D eigenvalue weighted by molar-refractivity contribution is 7.00. The molecule has 0 radical (unpaired) electrons. The summed E-state index contributed by atoms with van der Waals surface area (Å²) in [6, 6.07) is 100. The standard InChI is InChI=1S/C93H74BN5/c1-93(2,3)72-61-90-92-91(62-72)99(76-36-24-33-69(60-76)66-27-8-4-9-28-66)89-63-77(97(73-34-14-7-15-35-73)74-46-48-75(49-47-74)98-86-43-22-18-39-80(86)81-40-19-23-44-87(81)98)50-52-83(89)94(92)82-51-45-64(53-55-96-84-41-20-16-37-78(84)79-38-17-21-42-85(79)96)58-88(82)95(90)54-25-26-65-56-70(67-29-10-5-11-30-67)59-71(57-65)68-31-12-6-13-32-68/h4-24,27-52,56-63H,25-26,53-55H2,1-3H3/i16D,17D,20D,21D,37D,38D,41D,42D. The fraction of sp³-hybridized carbons (Fsp3) is 0.0968. The van der Waals surface area contributed by atoms with Crippen molar-refractivity contribution in [3.63, 3.8) is 0 Å². The lowest BCUT2D eigenvalue weighted by Crippen LogP contribution is -2.62. The summed E-state index contributed by atoms with van der Waals surface area (Å²) in [5.41, 5.74) is 25.4. The topological polar surface area (TPSA) is 19.6 Å². The molecule has 0 atom stereocenters. The molecule has 2 aliphatic rings. The van der Waals surface area contributed by atoms with Gasteiger partial charge >= 0.3 is 0 Å². The fourth-order valence-corrected chi connectivity index (χ4v) is 15.6. The van der Waals surface area contributed by atoms with E-state index in [0.717, 1.165) is 125 Å². The molecular weight excluding hydrogens is 1200 g/mol. The van der Waals surface area contributed by atoms with E-state index in [2.05, 4.69) is 325 Å². The van der Waals surface area contributed by atoms with Gasteiger partial charge in [-0.3, -0.25) is 0 Å². The monoisotopic (exact) mass is 1280 g/mol. The van der Waals surface area contributed by atoms with Gasteiger partial charge in [0.25, 0.3) is 6.71 Å². The van der Waals surface area contributed by atoms with Gasteiger partial charge in [-0.2, -0.15) is 0 Å². The van der Waals surface area contributed by atoms with Crippen LogP contribution in [0.3, 0.4) is 0 Å². The van der Waals surface area contributed by atoms with Crippen LogP contribution in [0.2, 0.25) is 0 Å². The highest BCUT2D eigenvalue weighted by Gasteiger charge is 2.44. The van der Waals surface area contributed by atoms with E-state index in [1.807, 2.05) is 0 Å². The SMILES string of the molecule is [2H]c1c([2H])c([2H])c2c(c1[2H])c1c([2H])c([2H])c([2H])c([2H])c1n2CCc1ccc2c(c1)N(CCCc1cc(-c3ccccc3)cc(-c3ccccc3)c1)c1cc(C(C)(C)C)cc3c1B2c1ccc(N(c2ccccc2)c2ccc(-n4c5ccccc5c5ccccc54)cc2)cc1N3c1cccc(-c2ccccc2)c1. The molecule has 16 aromatic rings. The Balaban J connectivity index is 0.830. The largest absolute Gasteiger partial charge is 0.342 e. The summed E-state index contributed by atoms with van der Waals surface area (Å²) in [6.45, 7) is 7.45. The van der Waals surface area contributed by atoms with Gasteiger partial charge in [-0.15, -0.1) is 0 Å². The lowest BCUT2D eigenvalue weighted by Gasteiger charge is -2.45. The molecule has 0 aliphatic carbocycles. The number of hydrogen-bond acceptors (Lipinski definition) is 3. The smallest absolute Gasteiger partial charge is 0.252 e. The summed E-state index contributed by atoms with van der Waals surface area (Å²) in [4.78, 5) is 7.46. The molecule has 0 N–H and O–H groups in total. The molecule has 0 spiro atoms. The van der Waals surface area contributed by atoms with E-state index in [4.69, 9.17) is 5.48 Å². The van der Waals surface area contributed by atoms with Gasteiger partial charge in [0.05, 0.1) is 22.0 Å². The molecule has 18 rings (SSSR count). The van der Waals surface area contributed by atoms with E-state index in [1.165, 1.54) is 27.4 Å². The van der Waals surface area contributed by atoms with Crippen molar-refractivity contribution in [1.29, 1.82) is 0 Å². The summed E-state index contributed by atoms with van der Waals surface area (Å²) in [6.07, 6.45) is 1.94. The normalized spacial score (nSPS) is 13.7. The molecule has 0 amide bonds. The first-order valence-corrected chi connectivity index (χ1v) is 34.4. The van der Waals surface area contributed by atoms with Gasteiger partial charge in [0.2, 0.25) is 0 Å². The minimum absolute atomic E-state index is 0.0853. The van der Waals surface area contributed by atoms with Crippen molar-refractivity contribution < 1.29 is 11.0 Å². The zero-order valence-electron chi connectivity index (χ0n) is 63.5. The lowest BCUT2D eigenvalue weighted by atomic mass is 9.33. The van der Waals surface area contributed by atoms with Crippen molar-refractivity contribution in [3.05, 3.63) is 350 Å². The molecule has 0 saturated heterocycles. The number of anilines is 8. The molecule has 2 aliphatic heterocycles. The molecule has 5 nitrogen and oxygen atoms in total. The van der Waals surface area contributed by atoms with Crippen LogP contribution in [-0.4, -0.2) is 22.4 Å². The zero-order chi connectivity index (χ0) is 73.1. The first-order valence-electron chi connectivity index (χ1n) is 38.4. The fourth-order valence-electron chi connectivity index (χ4n) is 15.6. The van der Waals surface area contributed by atoms with Crippen LogP contribution in [0.5, 0.6) is 0 Å². The molecule has 0 saturated carbocycles. The van der Waals surface area contributed by atoms with Crippen LogP contribution >= 0.6 is 0 Å². The van der Waals surface area contributed by atoms with Crippen LogP contribution < -0.4 is 31.1 Å². The summed E-state index contributed by atoms with van der Waals surface area (Å²) in [7, 11) is 0. The molecule has 14 aromatic carbocycles. The first kappa shape index (κ1) is 51.4. The van der Waals surface area contributed by atoms with Crippen molar-refractivity contribution in [2.75, 3.05) is 21.2 Å². The van der Waals surface area contributed by atoms with Gasteiger partial charge in [0.1, 0.15) is 0 Å². The zero-order valence-corrected chi connectivity index (χ0v) is 55.5. The predicted octanol–water partition coefficient (Wildman–Crippen LogP) is 22.3. The van der Waals surface area contributed by atoms with Crippen molar-refractivity contribution in [2.24, 2.45) is 0 Å². The third-order valence-corrected chi connectivity index (χ3v) is 20.3. The average Bonchev–Trinajstić information content (AvgIpc) is 0.901. The molecule has 6 heteroatoms. The Hall–Kier alpha value is -11.9.